The number of rotatable bonds is 4. The highest BCUT2D eigenvalue weighted by molar-refractivity contribution is 5.92. The number of hydrogen-bond donors (Lipinski definition) is 2. The summed E-state index contributed by atoms with van der Waals surface area (Å²) in [7, 11) is 3.93. The van der Waals surface area contributed by atoms with E-state index in [-0.39, 0.29) is 5.91 Å². The zero-order chi connectivity index (χ0) is 13.0. The van der Waals surface area contributed by atoms with Crippen LogP contribution in [0.2, 0.25) is 0 Å². The molecule has 18 heavy (non-hydrogen) atoms. The maximum Gasteiger partial charge on any atom is 0.230 e. The van der Waals surface area contributed by atoms with Crippen LogP contribution in [0.5, 0.6) is 0 Å². The van der Waals surface area contributed by atoms with E-state index in [0.717, 1.165) is 17.1 Å². The minimum absolute atomic E-state index is 0.0600. The van der Waals surface area contributed by atoms with E-state index in [1.807, 2.05) is 43.3 Å². The van der Waals surface area contributed by atoms with Crippen LogP contribution in [0.3, 0.4) is 0 Å². The number of amides is 1. The van der Waals surface area contributed by atoms with E-state index in [1.54, 1.807) is 12.3 Å². The number of carbonyl (C=O) groups excluding carboxylic acids is 1. The first-order valence-electron chi connectivity index (χ1n) is 5.70. The van der Waals surface area contributed by atoms with Crippen LogP contribution in [-0.4, -0.2) is 30.2 Å². The van der Waals surface area contributed by atoms with E-state index in [2.05, 4.69) is 15.5 Å². The molecule has 2 aromatic rings. The summed E-state index contributed by atoms with van der Waals surface area (Å²) in [6.45, 7) is 0. The Kier molecular flexibility index (Phi) is 3.62. The van der Waals surface area contributed by atoms with Crippen molar-refractivity contribution in [3.63, 3.8) is 0 Å². The highest BCUT2D eigenvalue weighted by Crippen LogP contribution is 2.17. The number of nitrogens with zero attached hydrogens (tertiary/aromatic N) is 2. The molecule has 0 aliphatic carbocycles. The molecule has 0 radical (unpaired) electrons. The molecular formula is C13H16N4O. The second-order valence-corrected chi connectivity index (χ2v) is 4.25. The van der Waals surface area contributed by atoms with Crippen molar-refractivity contribution in [1.82, 2.24) is 10.2 Å². The van der Waals surface area contributed by atoms with Gasteiger partial charge in [0.1, 0.15) is 0 Å². The molecule has 0 fully saturated rings. The first kappa shape index (κ1) is 12.2. The Labute approximate surface area is 106 Å². The summed E-state index contributed by atoms with van der Waals surface area (Å²) in [4.78, 5) is 13.8. The minimum atomic E-state index is -0.0600. The van der Waals surface area contributed by atoms with Crippen molar-refractivity contribution < 1.29 is 4.79 Å². The van der Waals surface area contributed by atoms with E-state index >= 15 is 0 Å². The zero-order valence-corrected chi connectivity index (χ0v) is 10.5. The van der Waals surface area contributed by atoms with Gasteiger partial charge in [0.05, 0.1) is 6.42 Å². The van der Waals surface area contributed by atoms with Gasteiger partial charge in [-0.2, -0.15) is 5.10 Å². The number of hydrogen-bond acceptors (Lipinski definition) is 3. The van der Waals surface area contributed by atoms with E-state index in [0.29, 0.717) is 6.42 Å². The maximum absolute atomic E-state index is 11.8. The van der Waals surface area contributed by atoms with Crippen LogP contribution in [0.15, 0.2) is 36.5 Å². The molecule has 0 saturated heterocycles. The van der Waals surface area contributed by atoms with Crippen molar-refractivity contribution in [3.8, 4) is 0 Å². The standard InChI is InChI=1S/C13H16N4O/c1-17(2)12-5-3-4-10(8-12)15-13(18)9-11-6-7-14-16-11/h3-8H,9H2,1-2H3,(H,14,16)(H,15,18). The number of nitrogens with one attached hydrogen (secondary N) is 2. The Morgan fingerprint density at radius 2 is 2.22 bits per heavy atom. The minimum Gasteiger partial charge on any atom is -0.378 e. The molecule has 0 aliphatic rings. The number of aromatic amines is 1. The van der Waals surface area contributed by atoms with Gasteiger partial charge in [0.2, 0.25) is 5.91 Å². The summed E-state index contributed by atoms with van der Waals surface area (Å²) in [5.74, 6) is -0.0600. The Bertz CT molecular complexity index is 520. The van der Waals surface area contributed by atoms with Gasteiger partial charge >= 0.3 is 0 Å². The molecule has 1 aromatic heterocycles. The summed E-state index contributed by atoms with van der Waals surface area (Å²) >= 11 is 0. The van der Waals surface area contributed by atoms with Crippen molar-refractivity contribution in [2.75, 3.05) is 24.3 Å². The van der Waals surface area contributed by atoms with Gasteiger partial charge in [-0.05, 0) is 24.3 Å². The molecule has 2 rings (SSSR count). The van der Waals surface area contributed by atoms with Crippen molar-refractivity contribution in [2.24, 2.45) is 0 Å². The largest absolute Gasteiger partial charge is 0.378 e. The lowest BCUT2D eigenvalue weighted by atomic mass is 10.2. The summed E-state index contributed by atoms with van der Waals surface area (Å²) in [5, 5.41) is 9.43. The van der Waals surface area contributed by atoms with E-state index in [1.165, 1.54) is 0 Å². The predicted octanol–water partition coefficient (Wildman–Crippen LogP) is 1.66. The van der Waals surface area contributed by atoms with Crippen LogP contribution < -0.4 is 10.2 Å². The summed E-state index contributed by atoms with van der Waals surface area (Å²) < 4.78 is 0. The molecule has 0 bridgehead atoms. The Morgan fingerprint density at radius 3 is 2.89 bits per heavy atom. The third-order valence-corrected chi connectivity index (χ3v) is 2.56. The van der Waals surface area contributed by atoms with Crippen molar-refractivity contribution in [1.29, 1.82) is 0 Å². The molecule has 0 saturated carbocycles. The third-order valence-electron chi connectivity index (χ3n) is 2.56. The summed E-state index contributed by atoms with van der Waals surface area (Å²) in [5.41, 5.74) is 2.65. The summed E-state index contributed by atoms with van der Waals surface area (Å²) in [6, 6.07) is 9.50. The molecule has 94 valence electrons. The average molecular weight is 244 g/mol. The van der Waals surface area contributed by atoms with Crippen LogP contribution >= 0.6 is 0 Å². The van der Waals surface area contributed by atoms with Gasteiger partial charge in [-0.1, -0.05) is 6.07 Å². The molecule has 1 amide bonds. The first-order chi connectivity index (χ1) is 8.65. The third kappa shape index (κ3) is 3.10. The topological polar surface area (TPSA) is 61.0 Å². The van der Waals surface area contributed by atoms with E-state index < -0.39 is 0 Å². The molecule has 0 unspecified atom stereocenters. The fourth-order valence-electron chi connectivity index (χ4n) is 1.62. The number of carbonyl (C=O) groups is 1. The van der Waals surface area contributed by atoms with Gasteiger partial charge in [-0.3, -0.25) is 9.89 Å². The van der Waals surface area contributed by atoms with Crippen molar-refractivity contribution in [2.45, 2.75) is 6.42 Å². The van der Waals surface area contributed by atoms with Crippen LogP contribution in [0, 0.1) is 0 Å². The van der Waals surface area contributed by atoms with Gasteiger partial charge in [-0.25, -0.2) is 0 Å². The predicted molar refractivity (Wildman–Crippen MR) is 71.7 cm³/mol. The van der Waals surface area contributed by atoms with E-state index in [4.69, 9.17) is 0 Å². The first-order valence-corrected chi connectivity index (χ1v) is 5.70. The lowest BCUT2D eigenvalue weighted by molar-refractivity contribution is -0.115. The van der Waals surface area contributed by atoms with Gasteiger partial charge in [0, 0.05) is 37.4 Å². The Balaban J connectivity index is 2.00. The molecule has 5 nitrogen and oxygen atoms in total. The molecule has 1 aromatic carbocycles. The lowest BCUT2D eigenvalue weighted by Gasteiger charge is -2.13. The second kappa shape index (κ2) is 5.35. The molecule has 0 spiro atoms. The Hall–Kier alpha value is -2.30. The van der Waals surface area contributed by atoms with Crippen molar-refractivity contribution in [3.05, 3.63) is 42.2 Å². The highest BCUT2D eigenvalue weighted by Gasteiger charge is 2.05. The summed E-state index contributed by atoms with van der Waals surface area (Å²) in [6.07, 6.45) is 1.93. The van der Waals surface area contributed by atoms with Crippen LogP contribution in [-0.2, 0) is 11.2 Å². The number of aromatic nitrogens is 2. The van der Waals surface area contributed by atoms with Gasteiger partial charge in [0.15, 0.2) is 0 Å². The number of anilines is 2. The van der Waals surface area contributed by atoms with Gasteiger partial charge in [-0.15, -0.1) is 0 Å². The quantitative estimate of drug-likeness (QED) is 0.859. The molecule has 1 heterocycles. The number of benzene rings is 1. The second-order valence-electron chi connectivity index (χ2n) is 4.25. The van der Waals surface area contributed by atoms with Gasteiger partial charge in [0.25, 0.3) is 0 Å². The van der Waals surface area contributed by atoms with Crippen molar-refractivity contribution >= 4 is 17.3 Å². The molecule has 5 heteroatoms. The SMILES string of the molecule is CN(C)c1cccc(NC(=O)Cc2ccn[nH]2)c1. The highest BCUT2D eigenvalue weighted by atomic mass is 16.1. The van der Waals surface area contributed by atoms with Crippen LogP contribution in [0.1, 0.15) is 5.69 Å². The van der Waals surface area contributed by atoms with Crippen LogP contribution in [0.25, 0.3) is 0 Å². The monoisotopic (exact) mass is 244 g/mol. The average Bonchev–Trinajstić information content (AvgIpc) is 2.82. The normalized spacial score (nSPS) is 10.1. The number of H-pyrrole nitrogens is 1. The fourth-order valence-corrected chi connectivity index (χ4v) is 1.62. The lowest BCUT2D eigenvalue weighted by Crippen LogP contribution is -2.15. The molecular weight excluding hydrogens is 228 g/mol. The van der Waals surface area contributed by atoms with Gasteiger partial charge < -0.3 is 10.2 Å². The fraction of sp³-hybridized carbons (Fsp3) is 0.231. The van der Waals surface area contributed by atoms with Crippen LogP contribution in [0.4, 0.5) is 11.4 Å². The smallest absolute Gasteiger partial charge is 0.230 e. The van der Waals surface area contributed by atoms with E-state index in [9.17, 15) is 4.79 Å². The Morgan fingerprint density at radius 1 is 1.39 bits per heavy atom. The molecule has 0 aliphatic heterocycles. The maximum atomic E-state index is 11.8. The zero-order valence-electron chi connectivity index (χ0n) is 10.5. The molecule has 2 N–H and O–H groups in total. The molecule has 0 atom stereocenters.